The molecule has 1 unspecified atom stereocenters. The van der Waals surface area contributed by atoms with E-state index < -0.39 is 6.03 Å². The minimum Gasteiger partial charge on any atom is -0.489 e. The zero-order valence-electron chi connectivity index (χ0n) is 16.9. The maximum absolute atomic E-state index is 12.1. The Morgan fingerprint density at radius 2 is 1.78 bits per heavy atom. The quantitative estimate of drug-likeness (QED) is 0.452. The molecule has 32 heavy (non-hydrogen) atoms. The lowest BCUT2D eigenvalue weighted by molar-refractivity contribution is 0.0472. The molecule has 0 radical (unpaired) electrons. The number of oxime groups is 1. The maximum atomic E-state index is 12.1. The summed E-state index contributed by atoms with van der Waals surface area (Å²) in [5.74, 6) is 0.780. The largest absolute Gasteiger partial charge is 0.489 e. The number of carbonyl (C=O) groups is 1. The Bertz CT molecular complexity index is 1100. The molecule has 0 spiro atoms. The number of aromatic nitrogens is 1. The van der Waals surface area contributed by atoms with Crippen molar-refractivity contribution in [1.29, 1.82) is 0 Å². The van der Waals surface area contributed by atoms with Gasteiger partial charge in [0, 0.05) is 17.7 Å². The first-order valence-electron chi connectivity index (χ1n) is 9.93. The van der Waals surface area contributed by atoms with Gasteiger partial charge in [0.2, 0.25) is 0 Å². The van der Waals surface area contributed by atoms with Crippen LogP contribution in [0.15, 0.2) is 71.9 Å². The summed E-state index contributed by atoms with van der Waals surface area (Å²) in [6, 6.07) is 20.5. The highest BCUT2D eigenvalue weighted by molar-refractivity contribution is 6.33. The normalized spacial score (nSPS) is 14.9. The molecule has 164 valence electrons. The highest BCUT2D eigenvalue weighted by Crippen LogP contribution is 2.30. The van der Waals surface area contributed by atoms with E-state index in [4.69, 9.17) is 32.8 Å². The second-order valence-electron chi connectivity index (χ2n) is 7.07. The van der Waals surface area contributed by atoms with Crippen molar-refractivity contribution in [1.82, 2.24) is 10.3 Å². The third-order valence-electron chi connectivity index (χ3n) is 4.66. The predicted molar refractivity (Wildman–Crippen MR) is 126 cm³/mol. The summed E-state index contributed by atoms with van der Waals surface area (Å²) < 4.78 is 6.02. The zero-order chi connectivity index (χ0) is 22.3. The molecule has 0 saturated heterocycles. The summed E-state index contributed by atoms with van der Waals surface area (Å²) in [5.41, 5.74) is 3.26. The van der Waals surface area contributed by atoms with Gasteiger partial charge >= 0.3 is 6.03 Å². The number of nitrogens with zero attached hydrogens (tertiary/aromatic N) is 2. The van der Waals surface area contributed by atoms with Gasteiger partial charge in [-0.2, -0.15) is 0 Å². The van der Waals surface area contributed by atoms with Gasteiger partial charge in [0.15, 0.2) is 6.10 Å². The number of rotatable bonds is 7. The zero-order valence-corrected chi connectivity index (χ0v) is 18.4. The van der Waals surface area contributed by atoms with Crippen LogP contribution in [0.2, 0.25) is 10.3 Å². The van der Waals surface area contributed by atoms with E-state index in [-0.39, 0.29) is 23.0 Å². The molecule has 0 fully saturated rings. The number of anilines is 1. The summed E-state index contributed by atoms with van der Waals surface area (Å²) >= 11 is 11.7. The smallest absolute Gasteiger partial charge is 0.319 e. The molecule has 3 aromatic rings. The van der Waals surface area contributed by atoms with Crippen LogP contribution in [-0.4, -0.2) is 36.0 Å². The van der Waals surface area contributed by atoms with E-state index in [2.05, 4.69) is 20.8 Å². The van der Waals surface area contributed by atoms with Crippen LogP contribution in [0.4, 0.5) is 10.5 Å². The number of amides is 2. The number of para-hydroxylation sites is 1. The molecule has 7 nitrogen and oxygen atoms in total. The first-order chi connectivity index (χ1) is 15.6. The molecular formula is C23H20Cl2N4O3. The molecule has 0 saturated carbocycles. The third kappa shape index (κ3) is 5.90. The van der Waals surface area contributed by atoms with Crippen LogP contribution in [0.5, 0.6) is 5.75 Å². The molecule has 0 aliphatic carbocycles. The first kappa shape index (κ1) is 21.9. The standard InChI is InChI=1S/C23H20Cl2N4O3/c24-21-11-16(12-22(25)28-21)27-23(30)26-13-17-10-18(32-29-17)14-31-20-9-5-4-8-19(20)15-6-2-1-3-7-15/h1-9,11-12,18H,10,13-14H2,(H2,26,27,28,30). The van der Waals surface area contributed by atoms with E-state index in [9.17, 15) is 4.79 Å². The molecular weight excluding hydrogens is 451 g/mol. The molecule has 9 heteroatoms. The summed E-state index contributed by atoms with van der Waals surface area (Å²) in [6.07, 6.45) is 0.331. The van der Waals surface area contributed by atoms with Crippen LogP contribution in [0.25, 0.3) is 11.1 Å². The third-order valence-corrected chi connectivity index (χ3v) is 5.05. The number of pyridine rings is 1. The van der Waals surface area contributed by atoms with Gasteiger partial charge in [-0.1, -0.05) is 76.9 Å². The number of hydrogen-bond donors (Lipinski definition) is 2. The fraction of sp³-hybridized carbons (Fsp3) is 0.174. The van der Waals surface area contributed by atoms with Gasteiger partial charge in [-0.15, -0.1) is 0 Å². The van der Waals surface area contributed by atoms with Gasteiger partial charge in [-0.3, -0.25) is 0 Å². The van der Waals surface area contributed by atoms with Crippen LogP contribution < -0.4 is 15.4 Å². The Kier molecular flexibility index (Phi) is 7.09. The van der Waals surface area contributed by atoms with E-state index in [1.165, 1.54) is 12.1 Å². The number of carbonyl (C=O) groups excluding carboxylic acids is 1. The topological polar surface area (TPSA) is 84.8 Å². The molecule has 0 bridgehead atoms. The molecule has 1 aromatic heterocycles. The first-order valence-corrected chi connectivity index (χ1v) is 10.7. The second kappa shape index (κ2) is 10.3. The minimum absolute atomic E-state index is 0.193. The molecule has 1 aliphatic heterocycles. The Morgan fingerprint density at radius 3 is 2.56 bits per heavy atom. The Balaban J connectivity index is 1.25. The van der Waals surface area contributed by atoms with E-state index in [0.717, 1.165) is 22.6 Å². The van der Waals surface area contributed by atoms with Crippen molar-refractivity contribution >= 4 is 40.6 Å². The summed E-state index contributed by atoms with van der Waals surface area (Å²) in [4.78, 5) is 21.4. The molecule has 2 heterocycles. The number of hydrogen-bond acceptors (Lipinski definition) is 5. The average Bonchev–Trinajstić information content (AvgIpc) is 3.24. The Hall–Kier alpha value is -3.29. The average molecular weight is 471 g/mol. The number of ether oxygens (including phenoxy) is 1. The Labute approximate surface area is 195 Å². The predicted octanol–water partition coefficient (Wildman–Crippen LogP) is 5.40. The lowest BCUT2D eigenvalue weighted by Crippen LogP contribution is -2.33. The monoisotopic (exact) mass is 470 g/mol. The van der Waals surface area contributed by atoms with Gasteiger partial charge in [0.05, 0.1) is 12.3 Å². The van der Waals surface area contributed by atoms with Gasteiger partial charge in [-0.25, -0.2) is 9.78 Å². The number of nitrogens with one attached hydrogen (secondary N) is 2. The number of halogens is 2. The number of benzene rings is 2. The van der Waals surface area contributed by atoms with E-state index in [1.807, 2.05) is 54.6 Å². The molecule has 1 atom stereocenters. The van der Waals surface area contributed by atoms with Crippen molar-refractivity contribution in [3.8, 4) is 16.9 Å². The minimum atomic E-state index is -0.414. The van der Waals surface area contributed by atoms with Crippen molar-refractivity contribution in [2.45, 2.75) is 12.5 Å². The van der Waals surface area contributed by atoms with Crippen molar-refractivity contribution in [2.24, 2.45) is 5.16 Å². The summed E-state index contributed by atoms with van der Waals surface area (Å²) in [5, 5.41) is 9.82. The number of urea groups is 1. The van der Waals surface area contributed by atoms with Crippen LogP contribution in [-0.2, 0) is 4.84 Å². The maximum Gasteiger partial charge on any atom is 0.319 e. The fourth-order valence-electron chi connectivity index (χ4n) is 3.21. The highest BCUT2D eigenvalue weighted by Gasteiger charge is 2.22. The molecule has 1 aliphatic rings. The van der Waals surface area contributed by atoms with E-state index in [0.29, 0.717) is 18.7 Å². The lowest BCUT2D eigenvalue weighted by atomic mass is 10.0. The van der Waals surface area contributed by atoms with Crippen LogP contribution >= 0.6 is 23.2 Å². The second-order valence-corrected chi connectivity index (χ2v) is 7.85. The highest BCUT2D eigenvalue weighted by atomic mass is 35.5. The van der Waals surface area contributed by atoms with Crippen molar-refractivity contribution in [3.63, 3.8) is 0 Å². The molecule has 4 rings (SSSR count). The van der Waals surface area contributed by atoms with Crippen LogP contribution in [0, 0.1) is 0 Å². The molecule has 2 N–H and O–H groups in total. The van der Waals surface area contributed by atoms with Gasteiger partial charge in [0.25, 0.3) is 0 Å². The summed E-state index contributed by atoms with van der Waals surface area (Å²) in [6.45, 7) is 0.590. The SMILES string of the molecule is O=C(NCC1=NOC(COc2ccccc2-c2ccccc2)C1)Nc1cc(Cl)nc(Cl)c1. The van der Waals surface area contributed by atoms with E-state index >= 15 is 0 Å². The molecule has 2 amide bonds. The molecule has 2 aromatic carbocycles. The van der Waals surface area contributed by atoms with Gasteiger partial charge in [0.1, 0.15) is 22.7 Å². The van der Waals surface area contributed by atoms with Crippen molar-refractivity contribution in [2.75, 3.05) is 18.5 Å². The van der Waals surface area contributed by atoms with Gasteiger partial charge in [-0.05, 0) is 23.8 Å². The van der Waals surface area contributed by atoms with Crippen LogP contribution in [0.3, 0.4) is 0 Å². The fourth-order valence-corrected chi connectivity index (χ4v) is 3.67. The van der Waals surface area contributed by atoms with Gasteiger partial charge < -0.3 is 20.2 Å². The van der Waals surface area contributed by atoms with Crippen molar-refractivity contribution in [3.05, 3.63) is 77.0 Å². The Morgan fingerprint density at radius 1 is 1.06 bits per heavy atom. The summed E-state index contributed by atoms with van der Waals surface area (Å²) in [7, 11) is 0. The van der Waals surface area contributed by atoms with Crippen LogP contribution in [0.1, 0.15) is 6.42 Å². The van der Waals surface area contributed by atoms with Crippen molar-refractivity contribution < 1.29 is 14.4 Å². The van der Waals surface area contributed by atoms with E-state index in [1.54, 1.807) is 0 Å². The lowest BCUT2D eigenvalue weighted by Gasteiger charge is -2.14.